The van der Waals surface area contributed by atoms with Gasteiger partial charge in [0.15, 0.2) is 0 Å². The fourth-order valence-electron chi connectivity index (χ4n) is 1.91. The van der Waals surface area contributed by atoms with Gasteiger partial charge in [0, 0.05) is 12.7 Å². The number of rotatable bonds is 2. The second kappa shape index (κ2) is 5.06. The maximum Gasteiger partial charge on any atom is 0.265 e. The van der Waals surface area contributed by atoms with Gasteiger partial charge in [-0.1, -0.05) is 18.2 Å². The number of aryl methyl sites for hydroxylation is 2. The molecule has 0 atom stereocenters. The maximum atomic E-state index is 12.4. The van der Waals surface area contributed by atoms with Crippen LogP contribution in [0.5, 0.6) is 0 Å². The molecule has 0 spiro atoms. The van der Waals surface area contributed by atoms with Crippen molar-refractivity contribution in [3.63, 3.8) is 0 Å². The van der Waals surface area contributed by atoms with Gasteiger partial charge in [-0.2, -0.15) is 0 Å². The number of nitrogens with one attached hydrogen (secondary N) is 1. The highest BCUT2D eigenvalue weighted by molar-refractivity contribution is 6.06. The molecule has 2 rings (SSSR count). The Kier molecular flexibility index (Phi) is 3.46. The highest BCUT2D eigenvalue weighted by Gasteiger charge is 2.20. The highest BCUT2D eigenvalue weighted by Crippen LogP contribution is 2.14. The van der Waals surface area contributed by atoms with Crippen LogP contribution in [0.2, 0.25) is 0 Å². The third kappa shape index (κ3) is 2.54. The van der Waals surface area contributed by atoms with Crippen LogP contribution < -0.4 is 10.5 Å². The van der Waals surface area contributed by atoms with Crippen LogP contribution in [0.15, 0.2) is 35.1 Å². The first-order chi connectivity index (χ1) is 9.00. The van der Waals surface area contributed by atoms with Crippen molar-refractivity contribution in [2.24, 2.45) is 0 Å². The van der Waals surface area contributed by atoms with Crippen molar-refractivity contribution >= 4 is 11.6 Å². The van der Waals surface area contributed by atoms with Crippen molar-refractivity contribution in [3.8, 4) is 0 Å². The van der Waals surface area contributed by atoms with Crippen LogP contribution in [0.1, 0.15) is 21.9 Å². The number of anilines is 1. The summed E-state index contributed by atoms with van der Waals surface area (Å²) in [6.07, 6.45) is 0. The number of para-hydroxylation sites is 1. The van der Waals surface area contributed by atoms with E-state index in [0.29, 0.717) is 11.5 Å². The van der Waals surface area contributed by atoms with Crippen LogP contribution in [-0.4, -0.2) is 22.9 Å². The van der Waals surface area contributed by atoms with E-state index in [1.165, 1.54) is 4.90 Å². The summed E-state index contributed by atoms with van der Waals surface area (Å²) < 4.78 is 0. The molecule has 0 bridgehead atoms. The zero-order valence-electron chi connectivity index (χ0n) is 11.1. The molecule has 19 heavy (non-hydrogen) atoms. The molecule has 1 N–H and O–H groups in total. The summed E-state index contributed by atoms with van der Waals surface area (Å²) in [5.74, 6) is 0.138. The molecular weight excluding hydrogens is 242 g/mol. The lowest BCUT2D eigenvalue weighted by Crippen LogP contribution is -2.33. The molecule has 0 radical (unpaired) electrons. The van der Waals surface area contributed by atoms with Crippen molar-refractivity contribution in [1.82, 2.24) is 9.97 Å². The number of carbonyl (C=O) groups excluding carboxylic acids is 1. The van der Waals surface area contributed by atoms with Crippen molar-refractivity contribution in [2.75, 3.05) is 11.9 Å². The van der Waals surface area contributed by atoms with Gasteiger partial charge in [0.25, 0.3) is 11.5 Å². The maximum absolute atomic E-state index is 12.4. The smallest absolute Gasteiger partial charge is 0.265 e. The van der Waals surface area contributed by atoms with Crippen molar-refractivity contribution in [3.05, 3.63) is 57.8 Å². The van der Waals surface area contributed by atoms with Gasteiger partial charge in [0.05, 0.1) is 5.69 Å². The first-order valence-corrected chi connectivity index (χ1v) is 5.91. The minimum atomic E-state index is -0.405. The number of hydrogen-bond acceptors (Lipinski definition) is 3. The van der Waals surface area contributed by atoms with Gasteiger partial charge in [-0.25, -0.2) is 4.98 Å². The van der Waals surface area contributed by atoms with E-state index in [9.17, 15) is 9.59 Å². The molecule has 0 aliphatic carbocycles. The predicted octanol–water partition coefficient (Wildman–Crippen LogP) is 1.66. The van der Waals surface area contributed by atoms with E-state index in [2.05, 4.69) is 9.97 Å². The Balaban J connectivity index is 2.43. The van der Waals surface area contributed by atoms with Gasteiger partial charge in [-0.05, 0) is 26.0 Å². The third-order valence-corrected chi connectivity index (χ3v) is 2.88. The summed E-state index contributed by atoms with van der Waals surface area (Å²) in [6.45, 7) is 3.35. The molecular formula is C14H15N3O2. The minimum Gasteiger partial charge on any atom is -0.311 e. The lowest BCUT2D eigenvalue weighted by Gasteiger charge is -2.17. The lowest BCUT2D eigenvalue weighted by molar-refractivity contribution is 0.0990. The molecule has 1 amide bonds. The molecule has 5 heteroatoms. The second-order valence-corrected chi connectivity index (χ2v) is 4.31. The monoisotopic (exact) mass is 257 g/mol. The van der Waals surface area contributed by atoms with Crippen LogP contribution in [0.4, 0.5) is 5.69 Å². The summed E-state index contributed by atoms with van der Waals surface area (Å²) >= 11 is 0. The van der Waals surface area contributed by atoms with Crippen LogP contribution in [-0.2, 0) is 0 Å². The number of benzene rings is 1. The Morgan fingerprint density at radius 3 is 2.42 bits per heavy atom. The summed E-state index contributed by atoms with van der Waals surface area (Å²) in [7, 11) is 1.64. The van der Waals surface area contributed by atoms with Gasteiger partial charge in [0.1, 0.15) is 11.4 Å². The van der Waals surface area contributed by atoms with Gasteiger partial charge >= 0.3 is 0 Å². The van der Waals surface area contributed by atoms with E-state index < -0.39 is 5.56 Å². The third-order valence-electron chi connectivity index (χ3n) is 2.88. The Morgan fingerprint density at radius 2 is 1.84 bits per heavy atom. The molecule has 0 aliphatic heterocycles. The lowest BCUT2D eigenvalue weighted by atomic mass is 10.2. The fourth-order valence-corrected chi connectivity index (χ4v) is 1.91. The Hall–Kier alpha value is -2.43. The summed E-state index contributed by atoms with van der Waals surface area (Å²) in [6, 6.07) is 9.16. The number of hydrogen-bond donors (Lipinski definition) is 1. The average molecular weight is 257 g/mol. The average Bonchev–Trinajstić information content (AvgIpc) is 2.37. The first-order valence-electron chi connectivity index (χ1n) is 5.91. The Bertz CT molecular complexity index is 662. The van der Waals surface area contributed by atoms with E-state index >= 15 is 0 Å². The molecule has 1 aromatic carbocycles. The summed E-state index contributed by atoms with van der Waals surface area (Å²) in [5, 5.41) is 0. The Morgan fingerprint density at radius 1 is 1.21 bits per heavy atom. The van der Waals surface area contributed by atoms with Crippen LogP contribution >= 0.6 is 0 Å². The first kappa shape index (κ1) is 13.0. The van der Waals surface area contributed by atoms with E-state index in [1.807, 2.05) is 30.3 Å². The number of H-pyrrole nitrogens is 1. The SMILES string of the molecule is Cc1nc(C)c(C(=O)N(C)c2ccccc2)c(=O)[nH]1. The largest absolute Gasteiger partial charge is 0.311 e. The molecule has 2 aromatic rings. The topological polar surface area (TPSA) is 66.1 Å². The molecule has 0 aliphatic rings. The number of aromatic amines is 1. The van der Waals surface area contributed by atoms with E-state index in [0.717, 1.165) is 5.69 Å². The number of amides is 1. The number of aromatic nitrogens is 2. The fraction of sp³-hybridized carbons (Fsp3) is 0.214. The normalized spacial score (nSPS) is 10.3. The molecule has 0 saturated carbocycles. The zero-order valence-corrected chi connectivity index (χ0v) is 11.1. The van der Waals surface area contributed by atoms with Gasteiger partial charge in [-0.15, -0.1) is 0 Å². The van der Waals surface area contributed by atoms with Gasteiger partial charge < -0.3 is 9.88 Å². The highest BCUT2D eigenvalue weighted by atomic mass is 16.2. The van der Waals surface area contributed by atoms with E-state index in [-0.39, 0.29) is 11.5 Å². The van der Waals surface area contributed by atoms with Crippen LogP contribution in [0.25, 0.3) is 0 Å². The van der Waals surface area contributed by atoms with Crippen LogP contribution in [0, 0.1) is 13.8 Å². The molecule has 5 nitrogen and oxygen atoms in total. The van der Waals surface area contributed by atoms with Crippen molar-refractivity contribution in [2.45, 2.75) is 13.8 Å². The Labute approximate surface area is 110 Å². The van der Waals surface area contributed by atoms with Crippen molar-refractivity contribution < 1.29 is 4.79 Å². The second-order valence-electron chi connectivity index (χ2n) is 4.31. The summed E-state index contributed by atoms with van der Waals surface area (Å²) in [5.41, 5.74) is 0.843. The summed E-state index contributed by atoms with van der Waals surface area (Å²) in [4.78, 5) is 32.4. The molecule has 98 valence electrons. The molecule has 0 fully saturated rings. The molecule has 1 aromatic heterocycles. The molecule has 1 heterocycles. The van der Waals surface area contributed by atoms with Crippen LogP contribution in [0.3, 0.4) is 0 Å². The van der Waals surface area contributed by atoms with Gasteiger partial charge in [0.2, 0.25) is 0 Å². The molecule has 0 unspecified atom stereocenters. The standard InChI is InChI=1S/C14H15N3O2/c1-9-12(13(18)16-10(2)15-9)14(19)17(3)11-7-5-4-6-8-11/h4-8H,1-3H3,(H,15,16,18). The van der Waals surface area contributed by atoms with Gasteiger partial charge in [-0.3, -0.25) is 9.59 Å². The molecule has 0 saturated heterocycles. The predicted molar refractivity (Wildman–Crippen MR) is 73.5 cm³/mol. The van der Waals surface area contributed by atoms with E-state index in [4.69, 9.17) is 0 Å². The van der Waals surface area contributed by atoms with E-state index in [1.54, 1.807) is 20.9 Å². The quantitative estimate of drug-likeness (QED) is 0.889. The minimum absolute atomic E-state index is 0.0805. The number of carbonyl (C=O) groups is 1. The number of nitrogens with zero attached hydrogens (tertiary/aromatic N) is 2. The van der Waals surface area contributed by atoms with Crippen molar-refractivity contribution in [1.29, 1.82) is 0 Å². The zero-order chi connectivity index (χ0) is 14.0.